The molecule has 5 aromatic rings. The van der Waals surface area contributed by atoms with Crippen LogP contribution >= 0.6 is 11.3 Å². The summed E-state index contributed by atoms with van der Waals surface area (Å²) in [5.74, 6) is 0.238. The number of carbonyl (C=O) groups excluding carboxylic acids is 1. The molecule has 8 nitrogen and oxygen atoms in total. The number of aryl methyl sites for hydroxylation is 3. The van der Waals surface area contributed by atoms with Crippen LogP contribution < -0.4 is 10.9 Å². The fourth-order valence-electron chi connectivity index (χ4n) is 3.72. The van der Waals surface area contributed by atoms with Crippen molar-refractivity contribution in [2.75, 3.05) is 5.32 Å². The highest BCUT2D eigenvalue weighted by atomic mass is 32.1. The average molecular weight is 471 g/mol. The molecule has 0 unspecified atom stereocenters. The van der Waals surface area contributed by atoms with Crippen LogP contribution in [-0.2, 0) is 11.2 Å². The van der Waals surface area contributed by atoms with E-state index in [1.165, 1.54) is 17.5 Å². The molecular weight excluding hydrogens is 448 g/mol. The fourth-order valence-corrected chi connectivity index (χ4v) is 4.45. The van der Waals surface area contributed by atoms with E-state index in [0.717, 1.165) is 28.1 Å². The van der Waals surface area contributed by atoms with E-state index in [9.17, 15) is 9.59 Å². The van der Waals surface area contributed by atoms with Gasteiger partial charge in [0.1, 0.15) is 11.2 Å². The Morgan fingerprint density at radius 1 is 1.12 bits per heavy atom. The molecule has 0 aliphatic carbocycles. The number of para-hydroxylation sites is 1. The maximum atomic E-state index is 12.6. The summed E-state index contributed by atoms with van der Waals surface area (Å²) in [6.45, 7) is 4.08. The standard InChI is InChI=1S/C25H22N6O2S/c1-15-8-9-16(2)18(12-15)20-14-34-25(27-20)30-22(32)11-10-21-28-23-19(24(33)29-21)13-26-31(23)17-6-4-3-5-7-17/h3-9,12-14H,10-11H2,1-2H3,(H,27,30,32)(H,28,29,33). The van der Waals surface area contributed by atoms with Gasteiger partial charge in [0, 0.05) is 23.8 Å². The summed E-state index contributed by atoms with van der Waals surface area (Å²) in [6, 6.07) is 15.7. The number of thiazole rings is 1. The second-order valence-corrected chi connectivity index (χ2v) is 8.90. The zero-order valence-electron chi connectivity index (χ0n) is 18.7. The summed E-state index contributed by atoms with van der Waals surface area (Å²) in [6.07, 6.45) is 1.94. The number of carbonyl (C=O) groups is 1. The predicted octanol–water partition coefficient (Wildman–Crippen LogP) is 4.42. The van der Waals surface area contributed by atoms with Crippen molar-refractivity contribution in [2.24, 2.45) is 0 Å². The highest BCUT2D eigenvalue weighted by Crippen LogP contribution is 2.28. The molecule has 0 radical (unpaired) electrons. The van der Waals surface area contributed by atoms with Crippen molar-refractivity contribution in [3.8, 4) is 16.9 Å². The van der Waals surface area contributed by atoms with E-state index in [2.05, 4.69) is 43.6 Å². The number of aromatic amines is 1. The summed E-state index contributed by atoms with van der Waals surface area (Å²) in [5, 5.41) is 10.0. The van der Waals surface area contributed by atoms with Gasteiger partial charge in [-0.3, -0.25) is 9.59 Å². The normalized spacial score (nSPS) is 11.1. The molecule has 0 saturated heterocycles. The van der Waals surface area contributed by atoms with Crippen LogP contribution in [0.4, 0.5) is 5.13 Å². The molecule has 5 rings (SSSR count). The smallest absolute Gasteiger partial charge is 0.262 e. The average Bonchev–Trinajstić information content (AvgIpc) is 3.47. The SMILES string of the molecule is Cc1ccc(C)c(-c2csc(NC(=O)CCc3nc4c(cnn4-c4ccccc4)c(=O)[nH]3)n2)c1. The van der Waals surface area contributed by atoms with Gasteiger partial charge in [-0.25, -0.2) is 14.6 Å². The third-order valence-electron chi connectivity index (χ3n) is 5.50. The predicted molar refractivity (Wildman–Crippen MR) is 133 cm³/mol. The first-order valence-electron chi connectivity index (χ1n) is 10.8. The van der Waals surface area contributed by atoms with Crippen LogP contribution in [0.5, 0.6) is 0 Å². The summed E-state index contributed by atoms with van der Waals surface area (Å²) < 4.78 is 1.62. The molecule has 2 N–H and O–H groups in total. The topological polar surface area (TPSA) is 106 Å². The molecule has 0 aliphatic rings. The van der Waals surface area contributed by atoms with Crippen LogP contribution in [-0.4, -0.2) is 30.6 Å². The molecule has 0 spiro atoms. The van der Waals surface area contributed by atoms with Gasteiger partial charge in [-0.05, 0) is 37.6 Å². The van der Waals surface area contributed by atoms with Gasteiger partial charge in [0.2, 0.25) is 5.91 Å². The Hall–Kier alpha value is -4.11. The number of hydrogen-bond donors (Lipinski definition) is 2. The minimum absolute atomic E-state index is 0.159. The Morgan fingerprint density at radius 3 is 2.76 bits per heavy atom. The number of nitrogens with one attached hydrogen (secondary N) is 2. The van der Waals surface area contributed by atoms with E-state index in [1.54, 1.807) is 4.68 Å². The monoisotopic (exact) mass is 470 g/mol. The third kappa shape index (κ3) is 4.38. The summed E-state index contributed by atoms with van der Waals surface area (Å²) in [4.78, 5) is 37.0. The third-order valence-corrected chi connectivity index (χ3v) is 6.25. The van der Waals surface area contributed by atoms with Crippen molar-refractivity contribution < 1.29 is 4.79 Å². The Bertz CT molecular complexity index is 1550. The van der Waals surface area contributed by atoms with Crippen LogP contribution in [0.1, 0.15) is 23.4 Å². The molecule has 0 bridgehead atoms. The maximum absolute atomic E-state index is 12.6. The first-order chi connectivity index (χ1) is 16.5. The first-order valence-corrected chi connectivity index (χ1v) is 11.7. The molecule has 170 valence electrons. The lowest BCUT2D eigenvalue weighted by Crippen LogP contribution is -2.16. The fraction of sp³-hybridized carbons (Fsp3) is 0.160. The second-order valence-electron chi connectivity index (χ2n) is 8.05. The lowest BCUT2D eigenvalue weighted by atomic mass is 10.0. The number of anilines is 1. The molecule has 0 atom stereocenters. The van der Waals surface area contributed by atoms with Crippen molar-refractivity contribution >= 4 is 33.4 Å². The molecule has 9 heteroatoms. The van der Waals surface area contributed by atoms with Crippen molar-refractivity contribution in [1.82, 2.24) is 24.7 Å². The van der Waals surface area contributed by atoms with Crippen molar-refractivity contribution in [2.45, 2.75) is 26.7 Å². The van der Waals surface area contributed by atoms with E-state index in [-0.39, 0.29) is 24.3 Å². The molecule has 0 aliphatic heterocycles. The molecule has 34 heavy (non-hydrogen) atoms. The van der Waals surface area contributed by atoms with Crippen molar-refractivity contribution in [3.63, 3.8) is 0 Å². The largest absolute Gasteiger partial charge is 0.310 e. The quantitative estimate of drug-likeness (QED) is 0.382. The number of amides is 1. The number of fused-ring (bicyclic) bond motifs is 1. The minimum Gasteiger partial charge on any atom is -0.310 e. The summed E-state index contributed by atoms with van der Waals surface area (Å²) in [7, 11) is 0. The van der Waals surface area contributed by atoms with Gasteiger partial charge in [0.25, 0.3) is 5.56 Å². The van der Waals surface area contributed by atoms with Crippen LogP contribution in [0.3, 0.4) is 0 Å². The van der Waals surface area contributed by atoms with E-state index < -0.39 is 0 Å². The van der Waals surface area contributed by atoms with E-state index in [1.807, 2.05) is 49.6 Å². The zero-order valence-corrected chi connectivity index (χ0v) is 19.5. The van der Waals surface area contributed by atoms with Gasteiger partial charge >= 0.3 is 0 Å². The van der Waals surface area contributed by atoms with Gasteiger partial charge in [0.05, 0.1) is 17.6 Å². The molecule has 3 aromatic heterocycles. The van der Waals surface area contributed by atoms with Crippen molar-refractivity contribution in [3.05, 3.63) is 87.4 Å². The molecular formula is C25H22N6O2S. The van der Waals surface area contributed by atoms with E-state index in [0.29, 0.717) is 22.0 Å². The summed E-state index contributed by atoms with van der Waals surface area (Å²) in [5.41, 5.74) is 5.18. The van der Waals surface area contributed by atoms with Crippen LogP contribution in [0.2, 0.25) is 0 Å². The highest BCUT2D eigenvalue weighted by molar-refractivity contribution is 7.14. The van der Waals surface area contributed by atoms with Gasteiger partial charge in [-0.2, -0.15) is 5.10 Å². The summed E-state index contributed by atoms with van der Waals surface area (Å²) >= 11 is 1.39. The van der Waals surface area contributed by atoms with Gasteiger partial charge < -0.3 is 10.3 Å². The van der Waals surface area contributed by atoms with Gasteiger partial charge in [-0.1, -0.05) is 35.9 Å². The van der Waals surface area contributed by atoms with Crippen LogP contribution in [0.25, 0.3) is 28.0 Å². The number of aromatic nitrogens is 5. The Kier molecular flexibility index (Phi) is 5.77. The molecule has 0 saturated carbocycles. The van der Waals surface area contributed by atoms with Crippen LogP contribution in [0, 0.1) is 13.8 Å². The Balaban J connectivity index is 1.30. The second kappa shape index (κ2) is 9.03. The number of benzene rings is 2. The molecule has 3 heterocycles. The molecule has 0 fully saturated rings. The Labute approximate surface area is 199 Å². The van der Waals surface area contributed by atoms with Gasteiger partial charge in [0.15, 0.2) is 10.8 Å². The number of H-pyrrole nitrogens is 1. The van der Waals surface area contributed by atoms with Crippen molar-refractivity contribution in [1.29, 1.82) is 0 Å². The minimum atomic E-state index is -0.277. The maximum Gasteiger partial charge on any atom is 0.262 e. The van der Waals surface area contributed by atoms with Crippen LogP contribution in [0.15, 0.2) is 64.9 Å². The molecule has 2 aromatic carbocycles. The highest BCUT2D eigenvalue weighted by Gasteiger charge is 2.14. The number of nitrogens with zero attached hydrogens (tertiary/aromatic N) is 4. The lowest BCUT2D eigenvalue weighted by Gasteiger charge is -2.05. The molecule has 1 amide bonds. The van der Waals surface area contributed by atoms with E-state index in [4.69, 9.17) is 0 Å². The number of hydrogen-bond acceptors (Lipinski definition) is 6. The van der Waals surface area contributed by atoms with E-state index >= 15 is 0 Å². The zero-order chi connectivity index (χ0) is 23.7. The lowest BCUT2D eigenvalue weighted by molar-refractivity contribution is -0.116. The Morgan fingerprint density at radius 2 is 1.94 bits per heavy atom. The first kappa shape index (κ1) is 21.7. The number of rotatable bonds is 6. The van der Waals surface area contributed by atoms with Gasteiger partial charge in [-0.15, -0.1) is 11.3 Å².